The van der Waals surface area contributed by atoms with Crippen molar-refractivity contribution in [3.63, 3.8) is 0 Å². The van der Waals surface area contributed by atoms with E-state index in [2.05, 4.69) is 31.3 Å². The maximum absolute atomic E-state index is 12.4. The Balaban J connectivity index is 3.50. The minimum atomic E-state index is -0.859. The third kappa shape index (κ3) is 45.8. The van der Waals surface area contributed by atoms with Crippen molar-refractivity contribution >= 4 is 5.91 Å². The summed E-state index contributed by atoms with van der Waals surface area (Å²) in [6.45, 7) is 4.33. The number of hydrogen-bond acceptors (Lipinski definition) is 3. The molecule has 4 heteroatoms. The lowest BCUT2D eigenvalue weighted by atomic mass is 10.0. The topological polar surface area (TPSA) is 69.6 Å². The molecule has 2 atom stereocenters. The number of unbranched alkanes of at least 4 members (excludes halogenated alkanes) is 39. The number of nitrogens with one attached hydrogen (secondary N) is 1. The van der Waals surface area contributed by atoms with Gasteiger partial charge in [0, 0.05) is 6.42 Å². The zero-order chi connectivity index (χ0) is 41.4. The van der Waals surface area contributed by atoms with E-state index in [0.717, 1.165) is 32.1 Å². The normalized spacial score (nSPS) is 13.0. The highest BCUT2D eigenvalue weighted by atomic mass is 16.3. The van der Waals surface area contributed by atoms with Crippen LogP contribution >= 0.6 is 0 Å². The molecule has 0 aliphatic heterocycles. The maximum Gasteiger partial charge on any atom is 0.220 e. The second-order valence-corrected chi connectivity index (χ2v) is 17.9. The van der Waals surface area contributed by atoms with E-state index in [1.807, 2.05) is 6.08 Å². The number of aliphatic hydroxyl groups excluding tert-OH is 2. The maximum atomic E-state index is 12.4. The molecule has 0 saturated heterocycles. The highest BCUT2D eigenvalue weighted by Gasteiger charge is 2.17. The van der Waals surface area contributed by atoms with E-state index in [4.69, 9.17) is 0 Å². The van der Waals surface area contributed by atoms with Crippen LogP contribution in [0.25, 0.3) is 0 Å². The summed E-state index contributed by atoms with van der Waals surface area (Å²) in [5, 5.41) is 23.1. The molecule has 0 spiro atoms. The molecule has 0 heterocycles. The van der Waals surface area contributed by atoms with E-state index in [1.54, 1.807) is 6.08 Å². The minimum Gasteiger partial charge on any atom is -0.394 e. The summed E-state index contributed by atoms with van der Waals surface area (Å²) in [7, 11) is 0. The van der Waals surface area contributed by atoms with Crippen LogP contribution in [0.2, 0.25) is 0 Å². The summed E-state index contributed by atoms with van der Waals surface area (Å²) in [6.07, 6.45) is 64.7. The molecule has 0 aromatic heterocycles. The van der Waals surface area contributed by atoms with Gasteiger partial charge in [-0.3, -0.25) is 4.79 Å². The van der Waals surface area contributed by atoms with Gasteiger partial charge in [-0.1, -0.05) is 276 Å². The Morgan fingerprint density at radius 1 is 0.404 bits per heavy atom. The lowest BCUT2D eigenvalue weighted by Gasteiger charge is -2.19. The summed E-state index contributed by atoms with van der Waals surface area (Å²) >= 11 is 0. The first-order valence-electron chi connectivity index (χ1n) is 26.1. The first-order chi connectivity index (χ1) is 28.2. The fourth-order valence-electron chi connectivity index (χ4n) is 8.20. The molecule has 2 unspecified atom stereocenters. The third-order valence-electron chi connectivity index (χ3n) is 12.2. The van der Waals surface area contributed by atoms with Crippen LogP contribution in [0.5, 0.6) is 0 Å². The van der Waals surface area contributed by atoms with Crippen LogP contribution in [0.3, 0.4) is 0 Å². The van der Waals surface area contributed by atoms with E-state index in [-0.39, 0.29) is 12.5 Å². The SMILES string of the molecule is CCCCCCCCCCCCCCCC/C=C/CC/C=C/C(O)C(CO)NC(=O)CCCCCCCCCCCCCCCCCCCCCCCCCCC. The van der Waals surface area contributed by atoms with Gasteiger partial charge < -0.3 is 15.5 Å². The summed E-state index contributed by atoms with van der Waals surface area (Å²) in [5.74, 6) is -0.0676. The number of carbonyl (C=O) groups is 1. The van der Waals surface area contributed by atoms with Crippen molar-refractivity contribution in [2.45, 2.75) is 302 Å². The van der Waals surface area contributed by atoms with Gasteiger partial charge in [0.2, 0.25) is 5.91 Å². The Morgan fingerprint density at radius 3 is 1.02 bits per heavy atom. The molecule has 1 amide bonds. The monoisotopic (exact) mass is 802 g/mol. The third-order valence-corrected chi connectivity index (χ3v) is 12.2. The van der Waals surface area contributed by atoms with Gasteiger partial charge in [-0.15, -0.1) is 0 Å². The van der Waals surface area contributed by atoms with Gasteiger partial charge in [-0.05, 0) is 32.1 Å². The highest BCUT2D eigenvalue weighted by Crippen LogP contribution is 2.17. The highest BCUT2D eigenvalue weighted by molar-refractivity contribution is 5.76. The predicted molar refractivity (Wildman–Crippen MR) is 253 cm³/mol. The minimum absolute atomic E-state index is 0.0676. The Labute approximate surface area is 358 Å². The quantitative estimate of drug-likeness (QED) is 0.0424. The Kier molecular flexibility index (Phi) is 48.3. The molecule has 3 N–H and O–H groups in total. The van der Waals surface area contributed by atoms with Gasteiger partial charge in [0.1, 0.15) is 0 Å². The standard InChI is InChI=1S/C53H103NO3/c1-3-5-7-9-11-13-15-17-19-21-23-25-26-27-28-29-31-33-35-37-39-41-43-45-47-49-53(57)54-51(50-55)52(56)48-46-44-42-40-38-36-34-32-30-24-22-20-18-16-14-12-10-8-6-4-2/h38,40,46,48,51-52,55-56H,3-37,39,41-45,47,49-50H2,1-2H3,(H,54,57)/b40-38+,48-46+. The summed E-state index contributed by atoms with van der Waals surface area (Å²) in [5.41, 5.74) is 0. The van der Waals surface area contributed by atoms with Gasteiger partial charge in [0.15, 0.2) is 0 Å². The number of amides is 1. The van der Waals surface area contributed by atoms with Crippen molar-refractivity contribution in [2.24, 2.45) is 0 Å². The zero-order valence-corrected chi connectivity index (χ0v) is 38.9. The Bertz CT molecular complexity index is 825. The van der Waals surface area contributed by atoms with E-state index >= 15 is 0 Å². The Morgan fingerprint density at radius 2 is 0.684 bits per heavy atom. The van der Waals surface area contributed by atoms with E-state index in [1.165, 1.54) is 238 Å². The average Bonchev–Trinajstić information content (AvgIpc) is 3.22. The second kappa shape index (κ2) is 49.2. The van der Waals surface area contributed by atoms with Crippen molar-refractivity contribution in [3.05, 3.63) is 24.3 Å². The van der Waals surface area contributed by atoms with Gasteiger partial charge in [0.25, 0.3) is 0 Å². The molecule has 0 bridgehead atoms. The van der Waals surface area contributed by atoms with Crippen molar-refractivity contribution in [2.75, 3.05) is 6.61 Å². The molecule has 0 aromatic carbocycles. The molecule has 338 valence electrons. The van der Waals surface area contributed by atoms with Crippen molar-refractivity contribution in [1.82, 2.24) is 5.32 Å². The largest absolute Gasteiger partial charge is 0.394 e. The molecule has 4 nitrogen and oxygen atoms in total. The van der Waals surface area contributed by atoms with E-state index in [9.17, 15) is 15.0 Å². The fraction of sp³-hybridized carbons (Fsp3) is 0.906. The van der Waals surface area contributed by atoms with Crippen LogP contribution in [-0.2, 0) is 4.79 Å². The Hall–Kier alpha value is -1.13. The van der Waals surface area contributed by atoms with Gasteiger partial charge in [0.05, 0.1) is 18.8 Å². The molecule has 0 aromatic rings. The number of rotatable bonds is 48. The summed E-state index contributed by atoms with van der Waals surface area (Å²) in [6, 6.07) is -0.635. The number of carbonyl (C=O) groups excluding carboxylic acids is 1. The van der Waals surface area contributed by atoms with Crippen LogP contribution < -0.4 is 5.32 Å². The summed E-state index contributed by atoms with van der Waals surface area (Å²) in [4.78, 5) is 12.4. The lowest BCUT2D eigenvalue weighted by molar-refractivity contribution is -0.123. The molecule has 0 aliphatic carbocycles. The van der Waals surface area contributed by atoms with E-state index in [0.29, 0.717) is 6.42 Å². The predicted octanol–water partition coefficient (Wildman–Crippen LogP) is 16.8. The van der Waals surface area contributed by atoms with Gasteiger partial charge >= 0.3 is 0 Å². The smallest absolute Gasteiger partial charge is 0.220 e. The van der Waals surface area contributed by atoms with Crippen LogP contribution in [-0.4, -0.2) is 34.9 Å². The van der Waals surface area contributed by atoms with Crippen LogP contribution in [0, 0.1) is 0 Å². The van der Waals surface area contributed by atoms with Crippen molar-refractivity contribution in [3.8, 4) is 0 Å². The van der Waals surface area contributed by atoms with Crippen molar-refractivity contribution < 1.29 is 15.0 Å². The van der Waals surface area contributed by atoms with Gasteiger partial charge in [-0.2, -0.15) is 0 Å². The number of hydrogen-bond donors (Lipinski definition) is 3. The molecule has 0 radical (unpaired) electrons. The van der Waals surface area contributed by atoms with Crippen LogP contribution in [0.1, 0.15) is 290 Å². The van der Waals surface area contributed by atoms with Crippen LogP contribution in [0.4, 0.5) is 0 Å². The zero-order valence-electron chi connectivity index (χ0n) is 38.9. The molecular weight excluding hydrogens is 699 g/mol. The van der Waals surface area contributed by atoms with Gasteiger partial charge in [-0.25, -0.2) is 0 Å². The second-order valence-electron chi connectivity index (χ2n) is 17.9. The lowest BCUT2D eigenvalue weighted by Crippen LogP contribution is -2.45. The summed E-state index contributed by atoms with van der Waals surface area (Å²) < 4.78 is 0. The average molecular weight is 802 g/mol. The molecule has 0 saturated carbocycles. The number of allylic oxidation sites excluding steroid dienone is 3. The first-order valence-corrected chi connectivity index (χ1v) is 26.1. The molecule has 0 rings (SSSR count). The molecule has 57 heavy (non-hydrogen) atoms. The first kappa shape index (κ1) is 55.9. The number of aliphatic hydroxyl groups is 2. The van der Waals surface area contributed by atoms with Crippen molar-refractivity contribution in [1.29, 1.82) is 0 Å². The molecule has 0 fully saturated rings. The molecule has 0 aliphatic rings. The molecular formula is C53H103NO3. The van der Waals surface area contributed by atoms with E-state index < -0.39 is 12.1 Å². The van der Waals surface area contributed by atoms with Crippen LogP contribution in [0.15, 0.2) is 24.3 Å². The fourth-order valence-corrected chi connectivity index (χ4v) is 8.20.